The third-order valence-corrected chi connectivity index (χ3v) is 3.03. The summed E-state index contributed by atoms with van der Waals surface area (Å²) in [5, 5.41) is 4.23. The molecule has 3 N–H and O–H groups in total. The number of hydrogen-bond acceptors (Lipinski definition) is 5. The highest BCUT2D eigenvalue weighted by Crippen LogP contribution is 2.21. The molecule has 1 rings (SSSR count). The molecular weight excluding hydrogens is 208 g/mol. The molecule has 0 bridgehead atoms. The van der Waals surface area contributed by atoms with Gasteiger partial charge in [-0.05, 0) is 18.4 Å². The minimum atomic E-state index is 0.215. The van der Waals surface area contributed by atoms with E-state index in [1.165, 1.54) is 11.5 Å². The fraction of sp³-hybridized carbons (Fsp3) is 0.800. The molecule has 0 aliphatic rings. The van der Waals surface area contributed by atoms with Gasteiger partial charge in [0.25, 0.3) is 0 Å². The molecular formula is C10H20N4S. The van der Waals surface area contributed by atoms with Gasteiger partial charge in [-0.1, -0.05) is 20.8 Å². The van der Waals surface area contributed by atoms with Gasteiger partial charge >= 0.3 is 0 Å². The lowest BCUT2D eigenvalue weighted by molar-refractivity contribution is 0.365. The first-order chi connectivity index (χ1) is 7.07. The molecule has 0 fully saturated rings. The number of rotatable bonds is 6. The molecule has 0 aromatic carbocycles. The minimum Gasteiger partial charge on any atom is -0.360 e. The van der Waals surface area contributed by atoms with Crippen molar-refractivity contribution in [3.63, 3.8) is 0 Å². The summed E-state index contributed by atoms with van der Waals surface area (Å²) in [5.74, 6) is 0.916. The van der Waals surface area contributed by atoms with Crippen molar-refractivity contribution in [2.75, 3.05) is 18.4 Å². The van der Waals surface area contributed by atoms with Crippen molar-refractivity contribution >= 4 is 16.7 Å². The van der Waals surface area contributed by atoms with Gasteiger partial charge in [-0.15, -0.1) is 0 Å². The largest absolute Gasteiger partial charge is 0.360 e. The number of nitrogens with two attached hydrogens (primary N) is 1. The molecule has 15 heavy (non-hydrogen) atoms. The van der Waals surface area contributed by atoms with E-state index in [1.54, 1.807) is 0 Å². The van der Waals surface area contributed by atoms with Crippen molar-refractivity contribution in [3.8, 4) is 0 Å². The molecule has 0 aliphatic carbocycles. The lowest BCUT2D eigenvalue weighted by Crippen LogP contribution is -2.26. The second kappa shape index (κ2) is 5.42. The summed E-state index contributed by atoms with van der Waals surface area (Å²) in [6, 6.07) is 0. The molecule has 0 atom stereocenters. The van der Waals surface area contributed by atoms with Crippen LogP contribution in [-0.2, 0) is 6.42 Å². The number of nitrogens with zero attached hydrogens (tertiary/aromatic N) is 2. The minimum absolute atomic E-state index is 0.215. The Labute approximate surface area is 95.5 Å². The first kappa shape index (κ1) is 12.4. The van der Waals surface area contributed by atoms with Gasteiger partial charge in [0.15, 0.2) is 0 Å². The summed E-state index contributed by atoms with van der Waals surface area (Å²) in [6.07, 6.45) is 1.91. The number of aryl methyl sites for hydroxylation is 1. The lowest BCUT2D eigenvalue weighted by atomic mass is 9.89. The van der Waals surface area contributed by atoms with Crippen LogP contribution in [0.2, 0.25) is 0 Å². The Balaban J connectivity index is 2.42. The highest BCUT2D eigenvalue weighted by Gasteiger charge is 2.17. The van der Waals surface area contributed by atoms with Crippen LogP contribution in [0.5, 0.6) is 0 Å². The molecule has 0 spiro atoms. The highest BCUT2D eigenvalue weighted by atomic mass is 32.1. The van der Waals surface area contributed by atoms with E-state index in [0.29, 0.717) is 0 Å². The van der Waals surface area contributed by atoms with Crippen molar-refractivity contribution in [2.24, 2.45) is 11.1 Å². The lowest BCUT2D eigenvalue weighted by Gasteiger charge is -2.23. The van der Waals surface area contributed by atoms with E-state index >= 15 is 0 Å². The van der Waals surface area contributed by atoms with Crippen LogP contribution >= 0.6 is 11.5 Å². The zero-order valence-corrected chi connectivity index (χ0v) is 10.5. The SMILES string of the molecule is CCc1nsc(NCC(C)(C)CCN)n1. The molecule has 1 aromatic rings. The van der Waals surface area contributed by atoms with Gasteiger partial charge in [0.05, 0.1) is 0 Å². The van der Waals surface area contributed by atoms with Gasteiger partial charge in [-0.25, -0.2) is 4.98 Å². The highest BCUT2D eigenvalue weighted by molar-refractivity contribution is 7.09. The predicted octanol–water partition coefficient (Wildman–Crippen LogP) is 1.89. The summed E-state index contributed by atoms with van der Waals surface area (Å²) < 4.78 is 4.22. The molecule has 5 heteroatoms. The first-order valence-corrected chi connectivity index (χ1v) is 6.11. The fourth-order valence-electron chi connectivity index (χ4n) is 1.26. The Bertz CT molecular complexity index is 295. The van der Waals surface area contributed by atoms with Gasteiger partial charge in [-0.3, -0.25) is 0 Å². The van der Waals surface area contributed by atoms with E-state index in [-0.39, 0.29) is 5.41 Å². The molecule has 1 aromatic heterocycles. The van der Waals surface area contributed by atoms with Gasteiger partial charge < -0.3 is 11.1 Å². The normalized spacial score (nSPS) is 11.7. The van der Waals surface area contributed by atoms with Crippen LogP contribution in [0, 0.1) is 5.41 Å². The summed E-state index contributed by atoms with van der Waals surface area (Å²) >= 11 is 1.43. The average molecular weight is 228 g/mol. The van der Waals surface area contributed by atoms with E-state index in [9.17, 15) is 0 Å². The molecule has 1 heterocycles. The zero-order valence-electron chi connectivity index (χ0n) is 9.71. The number of hydrogen-bond donors (Lipinski definition) is 2. The first-order valence-electron chi connectivity index (χ1n) is 5.34. The van der Waals surface area contributed by atoms with Crippen molar-refractivity contribution in [1.29, 1.82) is 0 Å². The third kappa shape index (κ3) is 4.13. The Morgan fingerprint density at radius 2 is 2.20 bits per heavy atom. The summed E-state index contributed by atoms with van der Waals surface area (Å²) in [7, 11) is 0. The van der Waals surface area contributed by atoms with Crippen LogP contribution in [0.25, 0.3) is 0 Å². The topological polar surface area (TPSA) is 63.8 Å². The number of nitrogens with one attached hydrogen (secondary N) is 1. The van der Waals surface area contributed by atoms with Crippen LogP contribution in [-0.4, -0.2) is 22.4 Å². The second-order valence-corrected chi connectivity index (χ2v) is 5.18. The number of anilines is 1. The summed E-state index contributed by atoms with van der Waals surface area (Å²) in [4.78, 5) is 4.36. The van der Waals surface area contributed by atoms with Crippen molar-refractivity contribution in [1.82, 2.24) is 9.36 Å². The standard InChI is InChI=1S/C10H20N4S/c1-4-8-13-9(15-14-8)12-7-10(2,3)5-6-11/h4-7,11H2,1-3H3,(H,12,13,14). The molecule has 86 valence electrons. The van der Waals surface area contributed by atoms with Crippen LogP contribution in [0.4, 0.5) is 5.13 Å². The molecule has 0 unspecified atom stereocenters. The van der Waals surface area contributed by atoms with E-state index in [0.717, 1.165) is 36.9 Å². The van der Waals surface area contributed by atoms with E-state index in [4.69, 9.17) is 5.73 Å². The maximum absolute atomic E-state index is 5.56. The van der Waals surface area contributed by atoms with Crippen molar-refractivity contribution in [2.45, 2.75) is 33.6 Å². The quantitative estimate of drug-likeness (QED) is 0.780. The Kier molecular flexibility index (Phi) is 4.47. The maximum atomic E-state index is 5.56. The average Bonchev–Trinajstić information content (AvgIpc) is 2.62. The van der Waals surface area contributed by atoms with Crippen molar-refractivity contribution < 1.29 is 0 Å². The summed E-state index contributed by atoms with van der Waals surface area (Å²) in [6.45, 7) is 8.08. The van der Waals surface area contributed by atoms with Gasteiger partial charge in [0, 0.05) is 24.5 Å². The van der Waals surface area contributed by atoms with Crippen molar-refractivity contribution in [3.05, 3.63) is 5.82 Å². The molecule has 0 saturated carbocycles. The van der Waals surface area contributed by atoms with E-state index in [1.807, 2.05) is 0 Å². The number of aromatic nitrogens is 2. The van der Waals surface area contributed by atoms with E-state index in [2.05, 4.69) is 35.4 Å². The smallest absolute Gasteiger partial charge is 0.202 e. The molecule has 0 saturated heterocycles. The van der Waals surface area contributed by atoms with E-state index < -0.39 is 0 Å². The van der Waals surface area contributed by atoms with Crippen LogP contribution in [0.3, 0.4) is 0 Å². The van der Waals surface area contributed by atoms with Crippen LogP contribution in [0.1, 0.15) is 33.0 Å². The predicted molar refractivity (Wildman–Crippen MR) is 65.2 cm³/mol. The maximum Gasteiger partial charge on any atom is 0.202 e. The van der Waals surface area contributed by atoms with Crippen LogP contribution < -0.4 is 11.1 Å². The van der Waals surface area contributed by atoms with Gasteiger partial charge in [0.2, 0.25) is 5.13 Å². The third-order valence-electron chi connectivity index (χ3n) is 2.32. The molecule has 0 radical (unpaired) electrons. The molecule has 0 aliphatic heterocycles. The Morgan fingerprint density at radius 1 is 1.47 bits per heavy atom. The Morgan fingerprint density at radius 3 is 2.73 bits per heavy atom. The molecule has 4 nitrogen and oxygen atoms in total. The van der Waals surface area contributed by atoms with Crippen LogP contribution in [0.15, 0.2) is 0 Å². The molecule has 0 amide bonds. The monoisotopic (exact) mass is 228 g/mol. The fourth-order valence-corrected chi connectivity index (χ4v) is 1.91. The van der Waals surface area contributed by atoms with Gasteiger partial charge in [-0.2, -0.15) is 4.37 Å². The zero-order chi connectivity index (χ0) is 11.3. The Hall–Kier alpha value is -0.680. The second-order valence-electron chi connectivity index (χ2n) is 4.43. The van der Waals surface area contributed by atoms with Gasteiger partial charge in [0.1, 0.15) is 5.82 Å². The summed E-state index contributed by atoms with van der Waals surface area (Å²) in [5.41, 5.74) is 5.77.